The monoisotopic (exact) mass is 1550 g/mol. The molecule has 0 aliphatic carbocycles. The van der Waals surface area contributed by atoms with E-state index < -0.39 is 90.0 Å². The van der Waals surface area contributed by atoms with Crippen molar-refractivity contribution in [1.82, 2.24) is 26.7 Å². The first-order chi connectivity index (χ1) is 29.3. The number of anilines is 1. The Balaban J connectivity index is 2.83. The number of Topliss-reactive ketones (excluding diaryl/α,β-unsaturated/α-hetero) is 2. The molecule has 0 aromatic heterocycles. The van der Waals surface area contributed by atoms with Gasteiger partial charge in [0.15, 0.2) is 11.6 Å². The van der Waals surface area contributed by atoms with Crippen molar-refractivity contribution in [2.75, 3.05) is 85.0 Å². The Morgan fingerprint density at radius 2 is 1.10 bits per heavy atom. The Bertz CT molecular complexity index is 1900. The van der Waals surface area contributed by atoms with Gasteiger partial charge in [-0.1, -0.05) is 0 Å². The van der Waals surface area contributed by atoms with E-state index in [1.807, 2.05) is 45.2 Å². The first-order valence-corrected chi connectivity index (χ1v) is 24.5. The van der Waals surface area contributed by atoms with E-state index in [1.165, 1.54) is 25.3 Å². The van der Waals surface area contributed by atoms with Gasteiger partial charge in [0.05, 0.1) is 86.4 Å². The smallest absolute Gasteiger partial charge is 0.253 e. The van der Waals surface area contributed by atoms with Gasteiger partial charge >= 0.3 is 0 Å². The van der Waals surface area contributed by atoms with Gasteiger partial charge in [-0.3, -0.25) is 33.8 Å². The van der Waals surface area contributed by atoms with Crippen LogP contribution < -0.4 is 31.7 Å². The molecule has 5 atom stereocenters. The second-order valence-corrected chi connectivity index (χ2v) is 19.4. The predicted octanol–water partition coefficient (Wildman–Crippen LogP) is -1.13. The molecule has 4 amide bonds. The molecule has 0 aliphatic rings. The van der Waals surface area contributed by atoms with Crippen molar-refractivity contribution in [3.05, 3.63) is 51.7 Å². The van der Waals surface area contributed by atoms with Gasteiger partial charge in [0.2, 0.25) is 0 Å². The second kappa shape index (κ2) is 28.6. The number of aliphatic hydroxyl groups excluding tert-OH is 7. The fraction of sp³-hybridized carbons (Fsp3) is 0.486. The maximum Gasteiger partial charge on any atom is 0.253 e. The van der Waals surface area contributed by atoms with Gasteiger partial charge in [-0.25, -0.2) is 5.43 Å². The summed E-state index contributed by atoms with van der Waals surface area (Å²) in [6.07, 6.45) is -3.93. The number of benzene rings is 2. The molecular weight excluding hydrogens is 1510 g/mol. The summed E-state index contributed by atoms with van der Waals surface area (Å²) in [5, 5.41) is 78.8. The average Bonchev–Trinajstić information content (AvgIpc) is 3.24. The van der Waals surface area contributed by atoms with Crippen LogP contribution in [-0.2, 0) is 14.3 Å². The number of hydrazine groups is 1. The third kappa shape index (κ3) is 15.5. The molecule has 0 fully saturated rings. The van der Waals surface area contributed by atoms with E-state index in [2.05, 4.69) is 26.7 Å². The van der Waals surface area contributed by atoms with Gasteiger partial charge in [0.1, 0.15) is 16.7 Å². The Labute approximate surface area is 437 Å². The van der Waals surface area contributed by atoms with E-state index in [9.17, 15) is 64.5 Å². The zero-order valence-electron chi connectivity index (χ0n) is 32.6. The summed E-state index contributed by atoms with van der Waals surface area (Å²) in [4.78, 5) is 82.4. The Morgan fingerprint density at radius 1 is 0.645 bits per heavy atom. The van der Waals surface area contributed by atoms with Crippen LogP contribution in [-0.4, -0.2) is 179 Å². The highest BCUT2D eigenvalue weighted by Gasteiger charge is 2.38. The van der Waals surface area contributed by atoms with Gasteiger partial charge in [-0.15, -0.1) is 0 Å². The summed E-state index contributed by atoms with van der Waals surface area (Å²) < 4.78 is 10.1. The van der Waals surface area contributed by atoms with Crippen molar-refractivity contribution in [2.24, 2.45) is 0 Å². The molecule has 2 aromatic rings. The van der Waals surface area contributed by atoms with Gasteiger partial charge in [0, 0.05) is 56.7 Å². The number of amides is 4. The van der Waals surface area contributed by atoms with Crippen LogP contribution in [0.4, 0.5) is 5.69 Å². The third-order valence-electron chi connectivity index (χ3n) is 8.29. The van der Waals surface area contributed by atoms with Crippen molar-refractivity contribution >= 4 is 176 Å². The number of rotatable bonds is 26. The molecule has 2 aromatic carbocycles. The third-order valence-corrected chi connectivity index (χ3v) is 14.6. The van der Waals surface area contributed by atoms with Gasteiger partial charge < -0.3 is 66.5 Å². The molecule has 0 saturated carbocycles. The van der Waals surface area contributed by atoms with Crippen molar-refractivity contribution in [3.63, 3.8) is 0 Å². The van der Waals surface area contributed by atoms with E-state index in [-0.39, 0.29) is 90.7 Å². The summed E-state index contributed by atoms with van der Waals surface area (Å²) in [6, 6.07) is -0.163. The molecule has 21 nitrogen and oxygen atoms in total. The standard InChI is InChI=1S/C35H44I6N6O15/c1-61-4-3-45-47(29-27(39)22(34(59)43-7-15(53)10-49)26(38)23(28(29)40)35(60)44-8-16(54)11-50)19(13-62-2)30(56)31(41)46-33(58)18-5-17(32(57)42-6-14(52)9-48)24(36)21(25(18)37)20(55)12-51/h5,14-16,19,31,45,48-54H,3-4,6-13H2,1-2H3,(H,42,57)(H,43,59)(H,44,60)(H,46,58). The number of hydrogen-bond donors (Lipinski definition) is 12. The van der Waals surface area contributed by atoms with Crippen LogP contribution in [0.5, 0.6) is 0 Å². The fourth-order valence-corrected chi connectivity index (χ4v) is 13.0. The van der Waals surface area contributed by atoms with E-state index in [1.54, 1.807) is 90.4 Å². The van der Waals surface area contributed by atoms with E-state index >= 15 is 0 Å². The molecule has 0 saturated heterocycles. The molecule has 2 rings (SSSR count). The fourth-order valence-electron chi connectivity index (χ4n) is 5.14. The first kappa shape index (κ1) is 57.6. The van der Waals surface area contributed by atoms with E-state index in [0.717, 1.165) is 0 Å². The zero-order chi connectivity index (χ0) is 47.0. The number of carbonyl (C=O) groups is 6. The number of carbonyl (C=O) groups excluding carboxylic acids is 6. The molecule has 27 heteroatoms. The highest BCUT2D eigenvalue weighted by atomic mass is 127. The van der Waals surface area contributed by atoms with Crippen LogP contribution in [0.15, 0.2) is 6.07 Å². The lowest BCUT2D eigenvalue weighted by Crippen LogP contribution is -2.57. The normalized spacial score (nSPS) is 13.7. The Morgan fingerprint density at radius 3 is 1.52 bits per heavy atom. The van der Waals surface area contributed by atoms with Crippen molar-refractivity contribution in [1.29, 1.82) is 0 Å². The zero-order valence-corrected chi connectivity index (χ0v) is 45.6. The van der Waals surface area contributed by atoms with E-state index in [4.69, 9.17) is 9.47 Å². The minimum atomic E-state index is -1.37. The maximum absolute atomic E-state index is 14.6. The van der Waals surface area contributed by atoms with Crippen LogP contribution in [0.25, 0.3) is 0 Å². The van der Waals surface area contributed by atoms with E-state index in [0.29, 0.717) is 0 Å². The first-order valence-electron chi connectivity index (χ1n) is 17.8. The quantitative estimate of drug-likeness (QED) is 0.0132. The second-order valence-electron chi connectivity index (χ2n) is 12.7. The highest BCUT2D eigenvalue weighted by Crippen LogP contribution is 2.39. The van der Waals surface area contributed by atoms with Crippen molar-refractivity contribution in [2.45, 2.75) is 28.4 Å². The summed E-state index contributed by atoms with van der Waals surface area (Å²) in [6.45, 7) is -4.21. The SMILES string of the molecule is COCCNN(c1c(I)c(C(=O)NCC(O)CO)c(I)c(C(=O)NCC(O)CO)c1I)C(COC)C(=O)C(I)NC(=O)c1cc(C(=O)NCC(O)CO)c(I)c(C(=O)CO)c1I. The maximum atomic E-state index is 14.6. The lowest BCUT2D eigenvalue weighted by Gasteiger charge is -2.36. The van der Waals surface area contributed by atoms with Crippen LogP contribution >= 0.6 is 136 Å². The lowest BCUT2D eigenvalue weighted by molar-refractivity contribution is -0.121. The topological polar surface area (TPSA) is 326 Å². The molecule has 0 aliphatic heterocycles. The molecule has 0 spiro atoms. The van der Waals surface area contributed by atoms with Gasteiger partial charge in [-0.05, 0) is 142 Å². The highest BCUT2D eigenvalue weighted by molar-refractivity contribution is 14.1. The molecule has 5 unspecified atom stereocenters. The predicted molar refractivity (Wildman–Crippen MR) is 272 cm³/mol. The summed E-state index contributed by atoms with van der Waals surface area (Å²) in [5.41, 5.74) is 2.58. The Kier molecular flexibility index (Phi) is 26.5. The number of halogens is 6. The number of methoxy groups -OCH3 is 2. The number of nitrogens with zero attached hydrogens (tertiary/aromatic N) is 1. The molecule has 0 bridgehead atoms. The Hall–Kier alpha value is -0.560. The van der Waals surface area contributed by atoms with Crippen LogP contribution in [0.2, 0.25) is 0 Å². The van der Waals surface area contributed by atoms with Gasteiger partial charge in [-0.2, -0.15) is 0 Å². The van der Waals surface area contributed by atoms with Crippen molar-refractivity contribution in [3.8, 4) is 0 Å². The van der Waals surface area contributed by atoms with Crippen molar-refractivity contribution < 1.29 is 74.0 Å². The lowest BCUT2D eigenvalue weighted by atomic mass is 10.0. The summed E-state index contributed by atoms with van der Waals surface area (Å²) in [7, 11) is 2.75. The molecular formula is C35H44I6N6O15. The van der Waals surface area contributed by atoms with Crippen LogP contribution in [0.3, 0.4) is 0 Å². The number of nitrogens with one attached hydrogen (secondary N) is 5. The summed E-state index contributed by atoms with van der Waals surface area (Å²) in [5.74, 6) is -4.73. The number of aliphatic hydroxyl groups is 7. The molecule has 0 heterocycles. The number of ether oxygens (including phenoxy) is 2. The summed E-state index contributed by atoms with van der Waals surface area (Å²) >= 11 is 10.6. The van der Waals surface area contributed by atoms with Crippen LogP contribution in [0, 0.1) is 17.9 Å². The molecule has 62 heavy (non-hydrogen) atoms. The van der Waals surface area contributed by atoms with Crippen LogP contribution in [0.1, 0.15) is 51.8 Å². The number of alkyl halides is 1. The molecule has 346 valence electrons. The largest absolute Gasteiger partial charge is 0.394 e. The number of ketones is 2. The van der Waals surface area contributed by atoms with Gasteiger partial charge in [0.25, 0.3) is 23.6 Å². The minimum Gasteiger partial charge on any atom is -0.394 e. The molecule has 12 N–H and O–H groups in total. The average molecular weight is 1550 g/mol. The molecule has 0 radical (unpaired) electrons. The number of hydrogen-bond acceptors (Lipinski definition) is 17. The minimum absolute atomic E-state index is 0.0531.